The van der Waals surface area contributed by atoms with Crippen LogP contribution in [0, 0.1) is 17.8 Å². The summed E-state index contributed by atoms with van der Waals surface area (Å²) in [6.07, 6.45) is 3.49. The van der Waals surface area contributed by atoms with Crippen molar-refractivity contribution in [3.8, 4) is 0 Å². The first-order valence-electron chi connectivity index (χ1n) is 5.76. The molecule has 2 aliphatic rings. The van der Waals surface area contributed by atoms with Crippen LogP contribution in [0.5, 0.6) is 0 Å². The molecule has 3 atom stereocenters. The second-order valence-corrected chi connectivity index (χ2v) is 4.76. The molecule has 3 heteroatoms. The van der Waals surface area contributed by atoms with E-state index in [0.29, 0.717) is 0 Å². The van der Waals surface area contributed by atoms with Gasteiger partial charge in [-0.25, -0.2) is 0 Å². The van der Waals surface area contributed by atoms with Crippen LogP contribution >= 0.6 is 0 Å². The largest absolute Gasteiger partial charge is 0.356 e. The van der Waals surface area contributed by atoms with E-state index in [4.69, 9.17) is 0 Å². The second-order valence-electron chi connectivity index (χ2n) is 4.76. The third-order valence-corrected chi connectivity index (χ3v) is 3.48. The van der Waals surface area contributed by atoms with Crippen LogP contribution in [0.1, 0.15) is 26.2 Å². The second kappa shape index (κ2) is 4.30. The molecule has 1 saturated carbocycles. The Morgan fingerprint density at radius 3 is 2.93 bits per heavy atom. The van der Waals surface area contributed by atoms with Gasteiger partial charge in [-0.2, -0.15) is 0 Å². The van der Waals surface area contributed by atoms with Crippen LogP contribution in [-0.2, 0) is 4.79 Å². The van der Waals surface area contributed by atoms with Crippen molar-refractivity contribution in [1.29, 1.82) is 0 Å². The fraction of sp³-hybridized carbons (Fsp3) is 0.909. The SMILES string of the molecule is CC1CC1CNC(=O)C1CCCNC1. The minimum atomic E-state index is 0.220. The van der Waals surface area contributed by atoms with E-state index in [1.807, 2.05) is 0 Å². The molecule has 0 aromatic rings. The number of piperidine rings is 1. The van der Waals surface area contributed by atoms with Gasteiger partial charge in [-0.1, -0.05) is 6.92 Å². The lowest BCUT2D eigenvalue weighted by Crippen LogP contribution is -2.41. The maximum absolute atomic E-state index is 11.7. The Bertz CT molecular complexity index is 211. The van der Waals surface area contributed by atoms with Crippen molar-refractivity contribution in [2.24, 2.45) is 17.8 Å². The van der Waals surface area contributed by atoms with Gasteiger partial charge in [0.1, 0.15) is 0 Å². The van der Waals surface area contributed by atoms with Gasteiger partial charge < -0.3 is 10.6 Å². The van der Waals surface area contributed by atoms with Crippen LogP contribution < -0.4 is 10.6 Å². The molecule has 3 nitrogen and oxygen atoms in total. The van der Waals surface area contributed by atoms with Crippen molar-refractivity contribution < 1.29 is 4.79 Å². The first-order valence-corrected chi connectivity index (χ1v) is 5.76. The molecule has 14 heavy (non-hydrogen) atoms. The third-order valence-electron chi connectivity index (χ3n) is 3.48. The lowest BCUT2D eigenvalue weighted by molar-refractivity contribution is -0.125. The number of nitrogens with one attached hydrogen (secondary N) is 2. The Labute approximate surface area is 85.6 Å². The number of hydrogen-bond donors (Lipinski definition) is 2. The zero-order valence-corrected chi connectivity index (χ0v) is 8.88. The molecule has 3 unspecified atom stereocenters. The summed E-state index contributed by atoms with van der Waals surface area (Å²) >= 11 is 0. The first kappa shape index (κ1) is 9.97. The molecule has 1 aliphatic heterocycles. The predicted molar refractivity (Wildman–Crippen MR) is 55.9 cm³/mol. The molecule has 1 aliphatic carbocycles. The quantitative estimate of drug-likeness (QED) is 0.699. The van der Waals surface area contributed by atoms with Crippen molar-refractivity contribution in [2.75, 3.05) is 19.6 Å². The van der Waals surface area contributed by atoms with Gasteiger partial charge in [0, 0.05) is 13.1 Å². The zero-order chi connectivity index (χ0) is 9.97. The average molecular weight is 196 g/mol. The maximum Gasteiger partial charge on any atom is 0.224 e. The Hall–Kier alpha value is -0.570. The Kier molecular flexibility index (Phi) is 3.06. The van der Waals surface area contributed by atoms with Crippen molar-refractivity contribution in [3.63, 3.8) is 0 Å². The molecule has 0 bridgehead atoms. The summed E-state index contributed by atoms with van der Waals surface area (Å²) in [5.41, 5.74) is 0. The van der Waals surface area contributed by atoms with Crippen LogP contribution in [-0.4, -0.2) is 25.5 Å². The molecule has 2 rings (SSSR count). The summed E-state index contributed by atoms with van der Waals surface area (Å²) in [6.45, 7) is 5.09. The van der Waals surface area contributed by atoms with Gasteiger partial charge in [-0.3, -0.25) is 4.79 Å². The summed E-state index contributed by atoms with van der Waals surface area (Å²) in [7, 11) is 0. The summed E-state index contributed by atoms with van der Waals surface area (Å²) in [5.74, 6) is 2.07. The Balaban J connectivity index is 1.66. The van der Waals surface area contributed by atoms with Crippen molar-refractivity contribution >= 4 is 5.91 Å². The van der Waals surface area contributed by atoms with E-state index in [-0.39, 0.29) is 11.8 Å². The van der Waals surface area contributed by atoms with Gasteiger partial charge in [-0.05, 0) is 37.6 Å². The van der Waals surface area contributed by atoms with E-state index in [0.717, 1.165) is 44.3 Å². The lowest BCUT2D eigenvalue weighted by Gasteiger charge is -2.21. The number of carbonyl (C=O) groups is 1. The van der Waals surface area contributed by atoms with E-state index < -0.39 is 0 Å². The number of rotatable bonds is 3. The maximum atomic E-state index is 11.7. The van der Waals surface area contributed by atoms with Crippen LogP contribution in [0.15, 0.2) is 0 Å². The van der Waals surface area contributed by atoms with Gasteiger partial charge in [0.25, 0.3) is 0 Å². The molecule has 80 valence electrons. The molecule has 0 radical (unpaired) electrons. The Morgan fingerprint density at radius 1 is 1.57 bits per heavy atom. The fourth-order valence-corrected chi connectivity index (χ4v) is 2.14. The molecule has 1 saturated heterocycles. The number of amides is 1. The monoisotopic (exact) mass is 196 g/mol. The van der Waals surface area contributed by atoms with Gasteiger partial charge in [0.2, 0.25) is 5.91 Å². The fourth-order valence-electron chi connectivity index (χ4n) is 2.14. The van der Waals surface area contributed by atoms with E-state index >= 15 is 0 Å². The van der Waals surface area contributed by atoms with Crippen molar-refractivity contribution in [3.05, 3.63) is 0 Å². The Morgan fingerprint density at radius 2 is 2.36 bits per heavy atom. The van der Waals surface area contributed by atoms with E-state index in [1.54, 1.807) is 0 Å². The van der Waals surface area contributed by atoms with Gasteiger partial charge >= 0.3 is 0 Å². The van der Waals surface area contributed by atoms with Crippen LogP contribution in [0.2, 0.25) is 0 Å². The molecule has 2 N–H and O–H groups in total. The topological polar surface area (TPSA) is 41.1 Å². The molecule has 1 amide bonds. The van der Waals surface area contributed by atoms with E-state index in [2.05, 4.69) is 17.6 Å². The summed E-state index contributed by atoms with van der Waals surface area (Å²) in [5, 5.41) is 6.33. The molecule has 1 heterocycles. The standard InChI is InChI=1S/C11H20N2O/c1-8-5-10(8)7-13-11(14)9-3-2-4-12-6-9/h8-10,12H,2-7H2,1H3,(H,13,14). The third kappa shape index (κ3) is 2.47. The molecule has 2 fully saturated rings. The van der Waals surface area contributed by atoms with Gasteiger partial charge in [-0.15, -0.1) is 0 Å². The van der Waals surface area contributed by atoms with Crippen LogP contribution in [0.25, 0.3) is 0 Å². The molecule has 0 spiro atoms. The number of hydrogen-bond acceptors (Lipinski definition) is 2. The van der Waals surface area contributed by atoms with Crippen LogP contribution in [0.3, 0.4) is 0 Å². The van der Waals surface area contributed by atoms with E-state index in [9.17, 15) is 4.79 Å². The highest BCUT2D eigenvalue weighted by atomic mass is 16.1. The van der Waals surface area contributed by atoms with Crippen LogP contribution in [0.4, 0.5) is 0 Å². The summed E-state index contributed by atoms with van der Waals surface area (Å²) in [6, 6.07) is 0. The van der Waals surface area contributed by atoms with E-state index in [1.165, 1.54) is 6.42 Å². The van der Waals surface area contributed by atoms with Gasteiger partial charge in [0.05, 0.1) is 5.92 Å². The molecular formula is C11H20N2O. The summed E-state index contributed by atoms with van der Waals surface area (Å²) < 4.78 is 0. The van der Waals surface area contributed by atoms with Gasteiger partial charge in [0.15, 0.2) is 0 Å². The predicted octanol–water partition coefficient (Wildman–Crippen LogP) is 0.758. The smallest absolute Gasteiger partial charge is 0.224 e. The first-order chi connectivity index (χ1) is 6.77. The molecule has 0 aromatic carbocycles. The highest BCUT2D eigenvalue weighted by Crippen LogP contribution is 2.36. The molecule has 0 aromatic heterocycles. The molecular weight excluding hydrogens is 176 g/mol. The minimum Gasteiger partial charge on any atom is -0.356 e. The lowest BCUT2D eigenvalue weighted by atomic mass is 9.99. The highest BCUT2D eigenvalue weighted by molar-refractivity contribution is 5.79. The summed E-state index contributed by atoms with van der Waals surface area (Å²) in [4.78, 5) is 11.7. The van der Waals surface area contributed by atoms with Crippen molar-refractivity contribution in [2.45, 2.75) is 26.2 Å². The minimum absolute atomic E-state index is 0.220. The highest BCUT2D eigenvalue weighted by Gasteiger charge is 2.33. The normalized spacial score (nSPS) is 36.5. The number of carbonyl (C=O) groups excluding carboxylic acids is 1. The van der Waals surface area contributed by atoms with Crippen molar-refractivity contribution in [1.82, 2.24) is 10.6 Å². The zero-order valence-electron chi connectivity index (χ0n) is 8.88. The average Bonchev–Trinajstić information content (AvgIpc) is 2.92.